The number of hydrogen-bond donors (Lipinski definition) is 0. The van der Waals surface area contributed by atoms with Gasteiger partial charge in [0.15, 0.2) is 6.10 Å². The molecule has 0 aliphatic carbocycles. The van der Waals surface area contributed by atoms with Crippen molar-refractivity contribution in [2.75, 3.05) is 13.2 Å². The van der Waals surface area contributed by atoms with E-state index in [4.69, 9.17) is 14.2 Å². The van der Waals surface area contributed by atoms with Crippen LogP contribution in [0.25, 0.3) is 0 Å². The third kappa shape index (κ3) is 51.3. The number of carbonyl (C=O) groups is 3. The van der Waals surface area contributed by atoms with Crippen LogP contribution in [0.1, 0.15) is 245 Å². The molecular weight excluding hydrogens is 817 g/mol. The summed E-state index contributed by atoms with van der Waals surface area (Å²) in [4.78, 5) is 38.0. The van der Waals surface area contributed by atoms with E-state index in [2.05, 4.69) is 118 Å². The molecule has 0 bridgehead atoms. The molecule has 0 saturated heterocycles. The Morgan fingerprint density at radius 1 is 0.318 bits per heavy atom. The highest BCUT2D eigenvalue weighted by molar-refractivity contribution is 5.71. The molecule has 6 heteroatoms. The van der Waals surface area contributed by atoms with E-state index in [1.165, 1.54) is 89.9 Å². The van der Waals surface area contributed by atoms with E-state index >= 15 is 0 Å². The van der Waals surface area contributed by atoms with Gasteiger partial charge in [0.1, 0.15) is 13.2 Å². The summed E-state index contributed by atoms with van der Waals surface area (Å²) in [6.45, 7) is 6.35. The summed E-state index contributed by atoms with van der Waals surface area (Å²) in [5, 5.41) is 0. The first-order valence-electron chi connectivity index (χ1n) is 27.2. The van der Waals surface area contributed by atoms with E-state index in [0.29, 0.717) is 19.3 Å². The van der Waals surface area contributed by atoms with Crippen LogP contribution >= 0.6 is 0 Å². The van der Waals surface area contributed by atoms with Crippen molar-refractivity contribution in [2.24, 2.45) is 0 Å². The SMILES string of the molecule is CC/C=C\C/C=C\C/C=C\C/C=C\C/C=C\CCCC(=O)OC(COC(=O)CCCCCCC/C=C\C/C=C\CC)COC(=O)CCCCCCCCC/C=C\CCCCCCCCCC. The highest BCUT2D eigenvalue weighted by Gasteiger charge is 2.19. The molecule has 6 nitrogen and oxygen atoms in total. The Balaban J connectivity index is 4.46. The van der Waals surface area contributed by atoms with Gasteiger partial charge in [0.05, 0.1) is 0 Å². The minimum absolute atomic E-state index is 0.108. The van der Waals surface area contributed by atoms with Crippen LogP contribution in [0.15, 0.2) is 97.2 Å². The summed E-state index contributed by atoms with van der Waals surface area (Å²) in [6.07, 6.45) is 71.2. The molecule has 0 aromatic carbocycles. The second-order valence-corrected chi connectivity index (χ2v) is 17.7. The average molecular weight is 917 g/mol. The maximum Gasteiger partial charge on any atom is 0.306 e. The maximum absolute atomic E-state index is 12.8. The van der Waals surface area contributed by atoms with Crippen molar-refractivity contribution in [1.29, 1.82) is 0 Å². The minimum atomic E-state index is -0.815. The number of ether oxygens (including phenoxy) is 3. The highest BCUT2D eigenvalue weighted by atomic mass is 16.6. The van der Waals surface area contributed by atoms with Crippen LogP contribution < -0.4 is 0 Å². The van der Waals surface area contributed by atoms with Gasteiger partial charge in [-0.15, -0.1) is 0 Å². The monoisotopic (exact) mass is 917 g/mol. The molecule has 0 saturated carbocycles. The second-order valence-electron chi connectivity index (χ2n) is 17.7. The molecule has 0 aliphatic rings. The van der Waals surface area contributed by atoms with Crippen LogP contribution in [-0.2, 0) is 28.6 Å². The van der Waals surface area contributed by atoms with Crippen molar-refractivity contribution in [3.8, 4) is 0 Å². The summed E-state index contributed by atoms with van der Waals surface area (Å²) in [7, 11) is 0. The Kier molecular flexibility index (Phi) is 50.9. The molecule has 0 radical (unpaired) electrons. The van der Waals surface area contributed by atoms with Gasteiger partial charge in [-0.1, -0.05) is 214 Å². The molecule has 0 aliphatic heterocycles. The zero-order valence-corrected chi connectivity index (χ0v) is 42.9. The van der Waals surface area contributed by atoms with Gasteiger partial charge in [-0.2, -0.15) is 0 Å². The summed E-state index contributed by atoms with van der Waals surface area (Å²) in [5.74, 6) is -0.987. The van der Waals surface area contributed by atoms with Gasteiger partial charge in [0, 0.05) is 19.3 Å². The third-order valence-electron chi connectivity index (χ3n) is 11.3. The fourth-order valence-electron chi connectivity index (χ4n) is 7.27. The molecule has 66 heavy (non-hydrogen) atoms. The first kappa shape index (κ1) is 62.3. The number of carbonyl (C=O) groups excluding carboxylic acids is 3. The Morgan fingerprint density at radius 2 is 0.606 bits per heavy atom. The molecule has 0 heterocycles. The van der Waals surface area contributed by atoms with E-state index in [1.54, 1.807) is 0 Å². The predicted molar refractivity (Wildman–Crippen MR) is 284 cm³/mol. The Morgan fingerprint density at radius 3 is 0.985 bits per heavy atom. The molecule has 1 atom stereocenters. The van der Waals surface area contributed by atoms with Crippen molar-refractivity contribution >= 4 is 17.9 Å². The second kappa shape index (κ2) is 53.9. The number of rotatable bonds is 48. The van der Waals surface area contributed by atoms with Crippen LogP contribution in [-0.4, -0.2) is 37.2 Å². The van der Waals surface area contributed by atoms with Gasteiger partial charge in [0.2, 0.25) is 0 Å². The smallest absolute Gasteiger partial charge is 0.306 e. The van der Waals surface area contributed by atoms with E-state index in [-0.39, 0.29) is 37.5 Å². The van der Waals surface area contributed by atoms with Gasteiger partial charge in [-0.3, -0.25) is 14.4 Å². The summed E-state index contributed by atoms with van der Waals surface area (Å²) < 4.78 is 16.8. The first-order chi connectivity index (χ1) is 32.5. The van der Waals surface area contributed by atoms with Crippen molar-refractivity contribution in [3.63, 3.8) is 0 Å². The Labute approximate surface area is 407 Å². The van der Waals surface area contributed by atoms with Crippen molar-refractivity contribution in [1.82, 2.24) is 0 Å². The minimum Gasteiger partial charge on any atom is -0.462 e. The fraction of sp³-hybridized carbons (Fsp3) is 0.683. The molecule has 0 fully saturated rings. The standard InChI is InChI=1S/C60H100O6/c1-4-7-10-13-16-19-22-25-27-29-30-32-33-35-38-41-44-47-50-53-59(62)65-56-57(55-64-58(61)52-49-46-43-40-37-24-21-18-15-12-9-6-3)66-60(63)54-51-48-45-42-39-36-34-31-28-26-23-20-17-14-11-8-5-2/h8-9,11-12,17-18,20-21,26,28-30,34,36,42,45,57H,4-7,10,13-16,19,22-25,27,31-33,35,37-41,43-44,46-56H2,1-3H3/b11-8-,12-9-,20-17-,21-18-,28-26-,30-29-,36-34-,45-42-. The lowest BCUT2D eigenvalue weighted by Crippen LogP contribution is -2.30. The molecular formula is C60H100O6. The van der Waals surface area contributed by atoms with Gasteiger partial charge in [0.25, 0.3) is 0 Å². The third-order valence-corrected chi connectivity index (χ3v) is 11.3. The molecule has 0 amide bonds. The number of unbranched alkanes of at least 4 members (excludes halogenated alkanes) is 21. The topological polar surface area (TPSA) is 78.9 Å². The number of esters is 3. The van der Waals surface area contributed by atoms with Crippen LogP contribution in [0.2, 0.25) is 0 Å². The molecule has 0 rings (SSSR count). The van der Waals surface area contributed by atoms with Gasteiger partial charge in [-0.25, -0.2) is 0 Å². The van der Waals surface area contributed by atoms with Gasteiger partial charge >= 0.3 is 17.9 Å². The first-order valence-corrected chi connectivity index (χ1v) is 27.2. The Hall–Kier alpha value is -3.67. The zero-order chi connectivity index (χ0) is 47.9. The van der Waals surface area contributed by atoms with E-state index < -0.39 is 6.10 Å². The van der Waals surface area contributed by atoms with Gasteiger partial charge in [-0.05, 0) is 109 Å². The summed E-state index contributed by atoms with van der Waals surface area (Å²) in [6, 6.07) is 0. The maximum atomic E-state index is 12.8. The quantitative estimate of drug-likeness (QED) is 0.0262. The summed E-state index contributed by atoms with van der Waals surface area (Å²) >= 11 is 0. The molecule has 376 valence electrons. The molecule has 0 aromatic rings. The normalized spacial score (nSPS) is 12.8. The lowest BCUT2D eigenvalue weighted by atomic mass is 10.1. The number of allylic oxidation sites excluding steroid dienone is 16. The van der Waals surface area contributed by atoms with Crippen LogP contribution in [0.3, 0.4) is 0 Å². The molecule has 0 spiro atoms. The fourth-order valence-corrected chi connectivity index (χ4v) is 7.27. The highest BCUT2D eigenvalue weighted by Crippen LogP contribution is 2.14. The van der Waals surface area contributed by atoms with E-state index in [9.17, 15) is 14.4 Å². The van der Waals surface area contributed by atoms with Crippen LogP contribution in [0.5, 0.6) is 0 Å². The predicted octanol–water partition coefficient (Wildman–Crippen LogP) is 18.1. The largest absolute Gasteiger partial charge is 0.462 e. The molecule has 0 N–H and O–H groups in total. The lowest BCUT2D eigenvalue weighted by Gasteiger charge is -2.18. The average Bonchev–Trinajstić information content (AvgIpc) is 3.31. The molecule has 0 aromatic heterocycles. The van der Waals surface area contributed by atoms with E-state index in [1.807, 2.05) is 0 Å². The van der Waals surface area contributed by atoms with Crippen LogP contribution in [0.4, 0.5) is 0 Å². The zero-order valence-electron chi connectivity index (χ0n) is 42.9. The lowest BCUT2D eigenvalue weighted by molar-refractivity contribution is -0.167. The summed E-state index contributed by atoms with van der Waals surface area (Å²) in [5.41, 5.74) is 0. The van der Waals surface area contributed by atoms with Crippen molar-refractivity contribution < 1.29 is 28.6 Å². The number of hydrogen-bond acceptors (Lipinski definition) is 6. The van der Waals surface area contributed by atoms with E-state index in [0.717, 1.165) is 109 Å². The van der Waals surface area contributed by atoms with Crippen molar-refractivity contribution in [2.45, 2.75) is 252 Å². The Bertz CT molecular complexity index is 1330. The van der Waals surface area contributed by atoms with Gasteiger partial charge < -0.3 is 14.2 Å². The van der Waals surface area contributed by atoms with Crippen LogP contribution in [0, 0.1) is 0 Å². The molecule has 1 unspecified atom stereocenters. The van der Waals surface area contributed by atoms with Crippen molar-refractivity contribution in [3.05, 3.63) is 97.2 Å².